The van der Waals surface area contributed by atoms with Crippen molar-refractivity contribution in [2.75, 3.05) is 13.2 Å². The van der Waals surface area contributed by atoms with E-state index in [1.165, 1.54) is 44.2 Å². The molecule has 1 aliphatic heterocycles. The third kappa shape index (κ3) is 5.44. The lowest BCUT2D eigenvalue weighted by atomic mass is 9.99. The number of ether oxygens (including phenoxy) is 1. The summed E-state index contributed by atoms with van der Waals surface area (Å²) in [7, 11) is 2.05. The van der Waals surface area contributed by atoms with Gasteiger partial charge in [-0.3, -0.25) is 4.68 Å². The summed E-state index contributed by atoms with van der Waals surface area (Å²) in [5.74, 6) is 0. The molecule has 2 heterocycles. The Morgan fingerprint density at radius 1 is 1.48 bits per heavy atom. The van der Waals surface area contributed by atoms with Crippen LogP contribution >= 0.6 is 0 Å². The van der Waals surface area contributed by atoms with Crippen LogP contribution in [0.4, 0.5) is 0 Å². The largest absolute Gasteiger partial charge is 0.378 e. The van der Waals surface area contributed by atoms with Crippen LogP contribution in [-0.4, -0.2) is 35.1 Å². The monoisotopic (exact) mass is 293 g/mol. The summed E-state index contributed by atoms with van der Waals surface area (Å²) in [6.07, 6.45) is 8.91. The maximum absolute atomic E-state index is 5.87. The molecule has 21 heavy (non-hydrogen) atoms. The summed E-state index contributed by atoms with van der Waals surface area (Å²) in [6.45, 7) is 6.34. The van der Waals surface area contributed by atoms with Gasteiger partial charge in [0, 0.05) is 31.8 Å². The molecule has 0 aromatic carbocycles. The number of nitrogens with one attached hydrogen (secondary N) is 1. The van der Waals surface area contributed by atoms with Gasteiger partial charge in [0.15, 0.2) is 0 Å². The van der Waals surface area contributed by atoms with E-state index in [1.807, 2.05) is 11.7 Å². The highest BCUT2D eigenvalue weighted by Gasteiger charge is 2.18. The molecule has 0 aliphatic carbocycles. The molecule has 1 aromatic rings. The van der Waals surface area contributed by atoms with E-state index in [0.29, 0.717) is 12.1 Å². The van der Waals surface area contributed by atoms with Gasteiger partial charge in [0.2, 0.25) is 0 Å². The zero-order valence-corrected chi connectivity index (χ0v) is 13.9. The Balaban J connectivity index is 1.85. The van der Waals surface area contributed by atoms with Crippen LogP contribution in [0.25, 0.3) is 0 Å². The lowest BCUT2D eigenvalue weighted by molar-refractivity contribution is 0.00856. The minimum Gasteiger partial charge on any atom is -0.378 e. The Kier molecular flexibility index (Phi) is 6.71. The molecule has 1 saturated heterocycles. The Morgan fingerprint density at radius 2 is 2.33 bits per heavy atom. The number of hydrogen-bond acceptors (Lipinski definition) is 3. The first-order valence-electron chi connectivity index (χ1n) is 8.53. The van der Waals surface area contributed by atoms with Crippen LogP contribution < -0.4 is 5.32 Å². The smallest absolute Gasteiger partial charge is 0.0596 e. The van der Waals surface area contributed by atoms with Crippen molar-refractivity contribution in [1.29, 1.82) is 0 Å². The van der Waals surface area contributed by atoms with Crippen LogP contribution in [-0.2, 0) is 18.2 Å². The molecular formula is C17H31N3O. The van der Waals surface area contributed by atoms with Gasteiger partial charge in [-0.05, 0) is 58.1 Å². The molecule has 0 radical (unpaired) electrons. The third-order valence-electron chi connectivity index (χ3n) is 4.35. The van der Waals surface area contributed by atoms with Crippen LogP contribution in [0, 0.1) is 6.92 Å². The summed E-state index contributed by atoms with van der Waals surface area (Å²) in [6, 6.07) is 2.74. The first kappa shape index (κ1) is 16.5. The zero-order valence-electron chi connectivity index (χ0n) is 13.9. The minimum atomic E-state index is 0.484. The van der Waals surface area contributed by atoms with Crippen LogP contribution in [0.2, 0.25) is 0 Å². The quantitative estimate of drug-likeness (QED) is 0.801. The van der Waals surface area contributed by atoms with E-state index in [0.717, 1.165) is 25.3 Å². The normalized spacial score (nSPS) is 20.6. The molecule has 0 saturated carbocycles. The van der Waals surface area contributed by atoms with Crippen molar-refractivity contribution in [2.24, 2.45) is 7.05 Å². The van der Waals surface area contributed by atoms with Gasteiger partial charge < -0.3 is 10.1 Å². The fourth-order valence-corrected chi connectivity index (χ4v) is 3.15. The standard InChI is InChI=1S/C17H31N3O/c1-4-10-18-15(8-9-17-7-5-6-11-21-17)13-16-12-14(2)19-20(16)3/h12,15,17-18H,4-11,13H2,1-3H3. The van der Waals surface area contributed by atoms with E-state index >= 15 is 0 Å². The molecule has 0 amide bonds. The fraction of sp³-hybridized carbons (Fsp3) is 0.824. The summed E-state index contributed by atoms with van der Waals surface area (Å²) in [4.78, 5) is 0. The Hall–Kier alpha value is -0.870. The average molecular weight is 293 g/mol. The summed E-state index contributed by atoms with van der Waals surface area (Å²) in [5.41, 5.74) is 2.43. The Labute approximate surface area is 129 Å². The Bertz CT molecular complexity index is 410. The van der Waals surface area contributed by atoms with Crippen molar-refractivity contribution in [3.05, 3.63) is 17.5 Å². The van der Waals surface area contributed by atoms with Crippen molar-refractivity contribution in [3.8, 4) is 0 Å². The van der Waals surface area contributed by atoms with Gasteiger partial charge in [0.25, 0.3) is 0 Å². The van der Waals surface area contributed by atoms with E-state index in [-0.39, 0.29) is 0 Å². The summed E-state index contributed by atoms with van der Waals surface area (Å²) < 4.78 is 7.89. The second kappa shape index (κ2) is 8.54. The van der Waals surface area contributed by atoms with Gasteiger partial charge in [0.05, 0.1) is 11.8 Å². The minimum absolute atomic E-state index is 0.484. The zero-order chi connectivity index (χ0) is 15.1. The van der Waals surface area contributed by atoms with Crippen molar-refractivity contribution in [1.82, 2.24) is 15.1 Å². The lowest BCUT2D eigenvalue weighted by Gasteiger charge is -2.25. The Morgan fingerprint density at radius 3 is 2.95 bits per heavy atom. The maximum atomic E-state index is 5.87. The van der Waals surface area contributed by atoms with Crippen molar-refractivity contribution >= 4 is 0 Å². The van der Waals surface area contributed by atoms with E-state index in [9.17, 15) is 0 Å². The van der Waals surface area contributed by atoms with Crippen LogP contribution in [0.3, 0.4) is 0 Å². The van der Waals surface area contributed by atoms with Gasteiger partial charge in [-0.2, -0.15) is 5.10 Å². The van der Waals surface area contributed by atoms with Gasteiger partial charge in [0.1, 0.15) is 0 Å². The fourth-order valence-electron chi connectivity index (χ4n) is 3.15. The highest BCUT2D eigenvalue weighted by molar-refractivity contribution is 5.10. The predicted molar refractivity (Wildman–Crippen MR) is 86.6 cm³/mol. The van der Waals surface area contributed by atoms with E-state index in [4.69, 9.17) is 4.74 Å². The molecule has 4 nitrogen and oxygen atoms in total. The van der Waals surface area contributed by atoms with Crippen LogP contribution in [0.15, 0.2) is 6.07 Å². The van der Waals surface area contributed by atoms with E-state index < -0.39 is 0 Å². The van der Waals surface area contributed by atoms with E-state index in [2.05, 4.69) is 30.3 Å². The predicted octanol–water partition coefficient (Wildman–Crippen LogP) is 2.99. The number of aryl methyl sites for hydroxylation is 2. The molecule has 2 unspecified atom stereocenters. The molecule has 2 atom stereocenters. The molecule has 2 rings (SSSR count). The number of aromatic nitrogens is 2. The topological polar surface area (TPSA) is 39.1 Å². The first-order valence-corrected chi connectivity index (χ1v) is 8.53. The number of nitrogens with zero attached hydrogens (tertiary/aromatic N) is 2. The molecule has 120 valence electrons. The van der Waals surface area contributed by atoms with Crippen molar-refractivity contribution in [3.63, 3.8) is 0 Å². The van der Waals surface area contributed by atoms with Crippen molar-refractivity contribution in [2.45, 2.75) is 70.9 Å². The number of hydrogen-bond donors (Lipinski definition) is 1. The van der Waals surface area contributed by atoms with Gasteiger partial charge in [-0.15, -0.1) is 0 Å². The highest BCUT2D eigenvalue weighted by atomic mass is 16.5. The molecular weight excluding hydrogens is 262 g/mol. The van der Waals surface area contributed by atoms with Crippen molar-refractivity contribution < 1.29 is 4.74 Å². The maximum Gasteiger partial charge on any atom is 0.0596 e. The molecule has 1 N–H and O–H groups in total. The third-order valence-corrected chi connectivity index (χ3v) is 4.35. The van der Waals surface area contributed by atoms with Crippen LogP contribution in [0.1, 0.15) is 56.8 Å². The summed E-state index contributed by atoms with van der Waals surface area (Å²) >= 11 is 0. The SMILES string of the molecule is CCCNC(CCC1CCCCO1)Cc1cc(C)nn1C. The van der Waals surface area contributed by atoms with Gasteiger partial charge >= 0.3 is 0 Å². The van der Waals surface area contributed by atoms with Crippen LogP contribution in [0.5, 0.6) is 0 Å². The average Bonchev–Trinajstić information content (AvgIpc) is 2.80. The molecule has 1 fully saturated rings. The number of rotatable bonds is 8. The van der Waals surface area contributed by atoms with E-state index in [1.54, 1.807) is 0 Å². The molecule has 0 bridgehead atoms. The highest BCUT2D eigenvalue weighted by Crippen LogP contribution is 2.19. The molecule has 0 spiro atoms. The first-order chi connectivity index (χ1) is 10.2. The second-order valence-electron chi connectivity index (χ2n) is 6.32. The van der Waals surface area contributed by atoms with Gasteiger partial charge in [-0.1, -0.05) is 6.92 Å². The molecule has 1 aromatic heterocycles. The lowest BCUT2D eigenvalue weighted by Crippen LogP contribution is -2.34. The second-order valence-corrected chi connectivity index (χ2v) is 6.32. The molecule has 4 heteroatoms. The van der Waals surface area contributed by atoms with Gasteiger partial charge in [-0.25, -0.2) is 0 Å². The molecule has 1 aliphatic rings. The summed E-state index contributed by atoms with van der Waals surface area (Å²) in [5, 5.41) is 8.16.